The van der Waals surface area contributed by atoms with Crippen LogP contribution in [-0.2, 0) is 9.59 Å². The fourth-order valence-electron chi connectivity index (χ4n) is 2.52. The first-order chi connectivity index (χ1) is 9.58. The SMILES string of the molecule is CC(C)C1C(=O)NCC(=O)N1c1ccc2ncsc2c1. The van der Waals surface area contributed by atoms with Gasteiger partial charge >= 0.3 is 0 Å². The first-order valence-corrected chi connectivity index (χ1v) is 7.39. The molecule has 0 bridgehead atoms. The molecule has 6 heteroatoms. The number of piperazine rings is 1. The zero-order chi connectivity index (χ0) is 14.3. The highest BCUT2D eigenvalue weighted by Crippen LogP contribution is 2.28. The van der Waals surface area contributed by atoms with Crippen molar-refractivity contribution in [1.82, 2.24) is 10.3 Å². The van der Waals surface area contributed by atoms with E-state index in [1.165, 1.54) is 11.3 Å². The van der Waals surface area contributed by atoms with Crippen molar-refractivity contribution >= 4 is 39.1 Å². The van der Waals surface area contributed by atoms with Crippen LogP contribution in [0.25, 0.3) is 10.2 Å². The summed E-state index contributed by atoms with van der Waals surface area (Å²) >= 11 is 1.53. The molecule has 1 N–H and O–H groups in total. The van der Waals surface area contributed by atoms with Crippen molar-refractivity contribution in [3.8, 4) is 0 Å². The molecule has 0 aliphatic carbocycles. The zero-order valence-corrected chi connectivity index (χ0v) is 12.1. The van der Waals surface area contributed by atoms with Gasteiger partial charge in [0.25, 0.3) is 0 Å². The molecule has 2 aromatic rings. The van der Waals surface area contributed by atoms with Gasteiger partial charge in [0, 0.05) is 5.69 Å². The van der Waals surface area contributed by atoms with E-state index in [2.05, 4.69) is 10.3 Å². The van der Waals surface area contributed by atoms with Gasteiger partial charge in [-0.1, -0.05) is 13.8 Å². The molecule has 2 amide bonds. The quantitative estimate of drug-likeness (QED) is 0.916. The molecule has 1 aliphatic heterocycles. The van der Waals surface area contributed by atoms with E-state index >= 15 is 0 Å². The third-order valence-corrected chi connectivity index (χ3v) is 4.25. The van der Waals surface area contributed by atoms with Crippen LogP contribution in [0, 0.1) is 5.92 Å². The Morgan fingerprint density at radius 3 is 2.95 bits per heavy atom. The number of anilines is 1. The van der Waals surface area contributed by atoms with Crippen LogP contribution in [-0.4, -0.2) is 29.4 Å². The van der Waals surface area contributed by atoms with Crippen molar-refractivity contribution in [3.05, 3.63) is 23.7 Å². The minimum atomic E-state index is -0.457. The molecule has 1 unspecified atom stereocenters. The molecule has 2 heterocycles. The van der Waals surface area contributed by atoms with Crippen LogP contribution in [0.3, 0.4) is 0 Å². The number of thiazole rings is 1. The Morgan fingerprint density at radius 2 is 2.20 bits per heavy atom. The smallest absolute Gasteiger partial charge is 0.247 e. The van der Waals surface area contributed by atoms with Crippen LogP contribution in [0.5, 0.6) is 0 Å². The van der Waals surface area contributed by atoms with Gasteiger partial charge in [0.15, 0.2) is 0 Å². The van der Waals surface area contributed by atoms with Crippen LogP contribution >= 0.6 is 11.3 Å². The summed E-state index contributed by atoms with van der Waals surface area (Å²) in [4.78, 5) is 30.1. The second-order valence-corrected chi connectivity index (χ2v) is 6.06. The maximum absolute atomic E-state index is 12.2. The van der Waals surface area contributed by atoms with E-state index in [1.807, 2.05) is 32.0 Å². The van der Waals surface area contributed by atoms with E-state index in [0.717, 1.165) is 15.9 Å². The van der Waals surface area contributed by atoms with Gasteiger partial charge in [0.2, 0.25) is 11.8 Å². The molecule has 1 saturated heterocycles. The first kappa shape index (κ1) is 13.1. The Balaban J connectivity index is 2.07. The third-order valence-electron chi connectivity index (χ3n) is 3.45. The summed E-state index contributed by atoms with van der Waals surface area (Å²) in [5, 5.41) is 2.66. The number of hydrogen-bond donors (Lipinski definition) is 1. The number of nitrogens with zero attached hydrogens (tertiary/aromatic N) is 2. The fourth-order valence-corrected chi connectivity index (χ4v) is 3.23. The highest BCUT2D eigenvalue weighted by atomic mass is 32.1. The number of aromatic nitrogens is 1. The van der Waals surface area contributed by atoms with E-state index in [9.17, 15) is 9.59 Å². The largest absolute Gasteiger partial charge is 0.345 e. The number of hydrogen-bond acceptors (Lipinski definition) is 4. The Morgan fingerprint density at radius 1 is 1.40 bits per heavy atom. The van der Waals surface area contributed by atoms with Crippen LogP contribution in [0.1, 0.15) is 13.8 Å². The molecule has 0 spiro atoms. The lowest BCUT2D eigenvalue weighted by Gasteiger charge is -2.37. The standard InChI is InChI=1S/C14H15N3O2S/c1-8(2)13-14(19)15-6-12(18)17(13)9-3-4-10-11(5-9)20-7-16-10/h3-5,7-8,13H,6H2,1-2H3,(H,15,19). The molecule has 1 atom stereocenters. The molecular formula is C14H15N3O2S. The minimum Gasteiger partial charge on any atom is -0.345 e. The van der Waals surface area contributed by atoms with Crippen LogP contribution < -0.4 is 10.2 Å². The van der Waals surface area contributed by atoms with Crippen LogP contribution in [0.4, 0.5) is 5.69 Å². The summed E-state index contributed by atoms with van der Waals surface area (Å²) in [6.07, 6.45) is 0. The average molecular weight is 289 g/mol. The van der Waals surface area contributed by atoms with E-state index in [1.54, 1.807) is 10.4 Å². The van der Waals surface area contributed by atoms with Crippen molar-refractivity contribution in [1.29, 1.82) is 0 Å². The third kappa shape index (κ3) is 2.06. The highest BCUT2D eigenvalue weighted by molar-refractivity contribution is 7.16. The summed E-state index contributed by atoms with van der Waals surface area (Å²) in [5.74, 6) is -0.118. The maximum atomic E-state index is 12.2. The summed E-state index contributed by atoms with van der Waals surface area (Å²) in [7, 11) is 0. The molecule has 0 saturated carbocycles. The predicted molar refractivity (Wildman–Crippen MR) is 78.7 cm³/mol. The van der Waals surface area contributed by atoms with E-state index < -0.39 is 6.04 Å². The van der Waals surface area contributed by atoms with Crippen LogP contribution in [0.15, 0.2) is 23.7 Å². The summed E-state index contributed by atoms with van der Waals surface area (Å²) in [5.41, 5.74) is 3.45. The van der Waals surface area contributed by atoms with E-state index in [4.69, 9.17) is 0 Å². The van der Waals surface area contributed by atoms with E-state index in [-0.39, 0.29) is 24.3 Å². The van der Waals surface area contributed by atoms with Crippen molar-refractivity contribution in [2.24, 2.45) is 5.92 Å². The van der Waals surface area contributed by atoms with E-state index in [0.29, 0.717) is 0 Å². The van der Waals surface area contributed by atoms with Gasteiger partial charge in [-0.2, -0.15) is 0 Å². The monoisotopic (exact) mass is 289 g/mol. The second-order valence-electron chi connectivity index (χ2n) is 5.17. The Bertz CT molecular complexity index is 680. The zero-order valence-electron chi connectivity index (χ0n) is 11.3. The predicted octanol–water partition coefficient (Wildman–Crippen LogP) is 1.78. The lowest BCUT2D eigenvalue weighted by atomic mass is 9.98. The van der Waals surface area contributed by atoms with Crippen molar-refractivity contribution < 1.29 is 9.59 Å². The number of carbonyl (C=O) groups is 2. The van der Waals surface area contributed by atoms with Gasteiger partial charge < -0.3 is 5.32 Å². The summed E-state index contributed by atoms with van der Waals surface area (Å²) < 4.78 is 1.02. The molecular weight excluding hydrogens is 274 g/mol. The Kier molecular flexibility index (Phi) is 3.17. The average Bonchev–Trinajstić information content (AvgIpc) is 2.87. The summed E-state index contributed by atoms with van der Waals surface area (Å²) in [6, 6.07) is 5.21. The molecule has 104 valence electrons. The van der Waals surface area contributed by atoms with Gasteiger partial charge in [-0.15, -0.1) is 11.3 Å². The lowest BCUT2D eigenvalue weighted by Crippen LogP contribution is -2.60. The number of rotatable bonds is 2. The van der Waals surface area contributed by atoms with Gasteiger partial charge in [-0.3, -0.25) is 14.5 Å². The molecule has 0 radical (unpaired) electrons. The van der Waals surface area contributed by atoms with Gasteiger partial charge in [-0.05, 0) is 24.1 Å². The molecule has 1 aromatic heterocycles. The van der Waals surface area contributed by atoms with Crippen molar-refractivity contribution in [3.63, 3.8) is 0 Å². The lowest BCUT2D eigenvalue weighted by molar-refractivity contribution is -0.131. The molecule has 1 fully saturated rings. The highest BCUT2D eigenvalue weighted by Gasteiger charge is 2.37. The Hall–Kier alpha value is -1.95. The normalized spacial score (nSPS) is 19.8. The molecule has 1 aliphatic rings. The van der Waals surface area contributed by atoms with Crippen molar-refractivity contribution in [2.45, 2.75) is 19.9 Å². The minimum absolute atomic E-state index is 0.0522. The summed E-state index contributed by atoms with van der Waals surface area (Å²) in [6.45, 7) is 3.95. The topological polar surface area (TPSA) is 62.3 Å². The molecule has 20 heavy (non-hydrogen) atoms. The van der Waals surface area contributed by atoms with Crippen LogP contribution in [0.2, 0.25) is 0 Å². The Labute approximate surface area is 120 Å². The fraction of sp³-hybridized carbons (Fsp3) is 0.357. The van der Waals surface area contributed by atoms with Gasteiger partial charge in [-0.25, -0.2) is 4.98 Å². The number of carbonyl (C=O) groups excluding carboxylic acids is 2. The maximum Gasteiger partial charge on any atom is 0.247 e. The number of amides is 2. The van der Waals surface area contributed by atoms with Crippen molar-refractivity contribution in [2.75, 3.05) is 11.4 Å². The molecule has 1 aromatic carbocycles. The number of fused-ring (bicyclic) bond motifs is 1. The molecule has 5 nitrogen and oxygen atoms in total. The number of benzene rings is 1. The molecule has 3 rings (SSSR count). The number of nitrogens with one attached hydrogen (secondary N) is 1. The second kappa shape index (κ2) is 4.86. The first-order valence-electron chi connectivity index (χ1n) is 6.51. The van der Waals surface area contributed by atoms with Gasteiger partial charge in [0.1, 0.15) is 6.04 Å². The van der Waals surface area contributed by atoms with Gasteiger partial charge in [0.05, 0.1) is 22.3 Å².